The van der Waals surface area contributed by atoms with Crippen molar-refractivity contribution < 1.29 is 42.0 Å². The molecule has 1 aliphatic rings. The first-order valence-corrected chi connectivity index (χ1v) is 10.3. The van der Waals surface area contributed by atoms with Crippen molar-refractivity contribution in [2.45, 2.75) is 13.1 Å². The molecule has 0 atom stereocenters. The van der Waals surface area contributed by atoms with Gasteiger partial charge in [-0.2, -0.15) is 13.2 Å². The summed E-state index contributed by atoms with van der Waals surface area (Å²) in [7, 11) is 3.14. The number of halogens is 3. The number of ether oxygens (including phenoxy) is 4. The van der Waals surface area contributed by atoms with E-state index >= 15 is 0 Å². The molecule has 0 fully saturated rings. The Hall–Kier alpha value is -4.82. The number of aromatic amines is 1. The van der Waals surface area contributed by atoms with Crippen molar-refractivity contribution in [1.29, 1.82) is 0 Å². The fourth-order valence-corrected chi connectivity index (χ4v) is 3.42. The summed E-state index contributed by atoms with van der Waals surface area (Å²) in [6.45, 7) is 1.94. The summed E-state index contributed by atoms with van der Waals surface area (Å²) >= 11 is 0. The number of nitrogens with one attached hydrogen (secondary N) is 2. The van der Waals surface area contributed by atoms with Crippen molar-refractivity contribution in [2.75, 3.05) is 26.3 Å². The Morgan fingerprint density at radius 2 is 1.76 bits per heavy atom. The zero-order valence-electron chi connectivity index (χ0n) is 19.4. The number of rotatable bonds is 4. The van der Waals surface area contributed by atoms with E-state index < -0.39 is 12.1 Å². The molecule has 5 rings (SSSR count). The normalized spacial score (nSPS) is 12.2. The van der Waals surface area contributed by atoms with E-state index in [2.05, 4.69) is 25.3 Å². The number of aromatic nitrogens is 4. The van der Waals surface area contributed by atoms with Gasteiger partial charge in [-0.3, -0.25) is 15.1 Å². The van der Waals surface area contributed by atoms with Crippen molar-refractivity contribution in [2.24, 2.45) is 0 Å². The van der Waals surface area contributed by atoms with Crippen molar-refractivity contribution in [1.82, 2.24) is 19.9 Å². The maximum atomic E-state index is 12.6. The van der Waals surface area contributed by atoms with Crippen LogP contribution >= 0.6 is 0 Å². The van der Waals surface area contributed by atoms with Crippen LogP contribution in [0.3, 0.4) is 0 Å². The summed E-state index contributed by atoms with van der Waals surface area (Å²) in [5.74, 6) is -0.187. The maximum absolute atomic E-state index is 12.6. The first kappa shape index (κ1) is 25.3. The lowest BCUT2D eigenvalue weighted by molar-refractivity contribution is -0.192. The van der Waals surface area contributed by atoms with E-state index in [1.807, 2.05) is 13.0 Å². The topological polar surface area (TPSA) is 158 Å². The van der Waals surface area contributed by atoms with E-state index in [0.29, 0.717) is 39.4 Å². The van der Waals surface area contributed by atoms with Crippen LogP contribution in [-0.2, 0) is 4.79 Å². The summed E-state index contributed by atoms with van der Waals surface area (Å²) in [6, 6.07) is 7.02. The number of carboxylic acid groups (broad SMARTS) is 1. The van der Waals surface area contributed by atoms with Gasteiger partial charge in [-0.15, -0.1) is 0 Å². The third kappa shape index (κ3) is 5.10. The largest absolute Gasteiger partial charge is 0.493 e. The van der Waals surface area contributed by atoms with E-state index in [-0.39, 0.29) is 24.2 Å². The summed E-state index contributed by atoms with van der Waals surface area (Å²) in [6.07, 6.45) is -5.08. The van der Waals surface area contributed by atoms with E-state index in [0.717, 1.165) is 11.1 Å². The number of aliphatic carboxylic acids is 1. The first-order valence-electron chi connectivity index (χ1n) is 10.3. The van der Waals surface area contributed by atoms with Crippen molar-refractivity contribution >= 4 is 39.7 Å². The number of hydrogen-bond donors (Lipinski definition) is 3. The third-order valence-corrected chi connectivity index (χ3v) is 5.07. The highest BCUT2D eigenvalue weighted by Crippen LogP contribution is 2.37. The van der Waals surface area contributed by atoms with Crippen LogP contribution in [0.5, 0.6) is 23.0 Å². The number of anilines is 2. The minimum absolute atomic E-state index is 0.0757. The number of hydrogen-bond acceptors (Lipinski definition) is 10. The zero-order chi connectivity index (χ0) is 26.9. The molecule has 194 valence electrons. The lowest BCUT2D eigenvalue weighted by Crippen LogP contribution is -2.21. The SMILES string of the molecule is COc1cc2nc(Nc3nc4ccc5c(c4c(=O)[nH]3)OCO5)nc(C)c2cc1OC.O=C(O)C(F)(F)F. The second-order valence-corrected chi connectivity index (χ2v) is 7.39. The summed E-state index contributed by atoms with van der Waals surface area (Å²) < 4.78 is 53.2. The fraction of sp³-hybridized carbons (Fsp3) is 0.227. The fourth-order valence-electron chi connectivity index (χ4n) is 3.42. The number of carboxylic acids is 1. The average Bonchev–Trinajstić information content (AvgIpc) is 3.32. The molecule has 15 heteroatoms. The number of methoxy groups -OCH3 is 2. The van der Waals surface area contributed by atoms with E-state index in [1.54, 1.807) is 32.4 Å². The average molecular weight is 521 g/mol. The van der Waals surface area contributed by atoms with Gasteiger partial charge in [0.15, 0.2) is 23.0 Å². The Kier molecular flexibility index (Phi) is 6.61. The predicted octanol–water partition coefficient (Wildman–Crippen LogP) is 3.30. The van der Waals surface area contributed by atoms with Crippen LogP contribution in [0.4, 0.5) is 25.1 Å². The molecule has 12 nitrogen and oxygen atoms in total. The molecule has 2 aromatic carbocycles. The van der Waals surface area contributed by atoms with E-state index in [9.17, 15) is 18.0 Å². The molecule has 4 aromatic rings. The molecule has 3 N–H and O–H groups in total. The first-order chi connectivity index (χ1) is 17.5. The number of carbonyl (C=O) groups is 1. The Morgan fingerprint density at radius 1 is 1.08 bits per heavy atom. The smallest absolute Gasteiger partial charge is 0.490 e. The number of H-pyrrole nitrogens is 1. The van der Waals surface area contributed by atoms with Crippen molar-refractivity contribution in [3.05, 3.63) is 40.3 Å². The highest BCUT2D eigenvalue weighted by Gasteiger charge is 2.38. The van der Waals surface area contributed by atoms with Gasteiger partial charge in [0.2, 0.25) is 18.7 Å². The highest BCUT2D eigenvalue weighted by molar-refractivity contribution is 5.89. The predicted molar refractivity (Wildman–Crippen MR) is 123 cm³/mol. The van der Waals surface area contributed by atoms with Gasteiger partial charge in [0, 0.05) is 11.5 Å². The summed E-state index contributed by atoms with van der Waals surface area (Å²) in [5, 5.41) is 11.3. The van der Waals surface area contributed by atoms with Crippen LogP contribution in [0.15, 0.2) is 29.1 Å². The molecule has 0 bridgehead atoms. The van der Waals surface area contributed by atoms with Crippen LogP contribution in [0, 0.1) is 6.92 Å². The lowest BCUT2D eigenvalue weighted by Gasteiger charge is -2.12. The van der Waals surface area contributed by atoms with Gasteiger partial charge in [0.25, 0.3) is 5.56 Å². The molecule has 37 heavy (non-hydrogen) atoms. The molecule has 1 aliphatic heterocycles. The molecular formula is C22H18F3N5O7. The zero-order valence-corrected chi connectivity index (χ0v) is 19.4. The minimum Gasteiger partial charge on any atom is -0.493 e. The molecule has 0 spiro atoms. The number of benzene rings is 2. The summed E-state index contributed by atoms with van der Waals surface area (Å²) in [5.41, 5.74) is 1.51. The van der Waals surface area contributed by atoms with Gasteiger partial charge in [0.1, 0.15) is 5.39 Å². The van der Waals surface area contributed by atoms with Gasteiger partial charge < -0.3 is 24.1 Å². The van der Waals surface area contributed by atoms with Gasteiger partial charge >= 0.3 is 12.1 Å². The molecule has 0 radical (unpaired) electrons. The monoisotopic (exact) mass is 521 g/mol. The number of aryl methyl sites for hydroxylation is 1. The van der Waals surface area contributed by atoms with E-state index in [1.165, 1.54) is 0 Å². The molecule has 0 saturated carbocycles. The van der Waals surface area contributed by atoms with Crippen LogP contribution in [0.1, 0.15) is 5.69 Å². The van der Waals surface area contributed by atoms with Gasteiger partial charge in [-0.1, -0.05) is 0 Å². The van der Waals surface area contributed by atoms with Crippen LogP contribution < -0.4 is 29.8 Å². The Morgan fingerprint density at radius 3 is 2.41 bits per heavy atom. The van der Waals surface area contributed by atoms with Gasteiger partial charge in [-0.25, -0.2) is 19.7 Å². The number of alkyl halides is 3. The van der Waals surface area contributed by atoms with Gasteiger partial charge in [-0.05, 0) is 25.1 Å². The maximum Gasteiger partial charge on any atom is 0.490 e. The quantitative estimate of drug-likeness (QED) is 0.362. The molecule has 0 unspecified atom stereocenters. The van der Waals surface area contributed by atoms with Crippen LogP contribution in [-0.4, -0.2) is 58.2 Å². The summed E-state index contributed by atoms with van der Waals surface area (Å²) in [4.78, 5) is 37.7. The van der Waals surface area contributed by atoms with Crippen LogP contribution in [0.25, 0.3) is 21.8 Å². The lowest BCUT2D eigenvalue weighted by atomic mass is 10.1. The van der Waals surface area contributed by atoms with Crippen LogP contribution in [0.2, 0.25) is 0 Å². The molecule has 0 amide bonds. The molecule has 0 saturated heterocycles. The Bertz CT molecular complexity index is 1570. The van der Waals surface area contributed by atoms with Crippen molar-refractivity contribution in [3.63, 3.8) is 0 Å². The molecule has 2 aromatic heterocycles. The minimum atomic E-state index is -5.08. The molecule has 0 aliphatic carbocycles. The van der Waals surface area contributed by atoms with Crippen molar-refractivity contribution in [3.8, 4) is 23.0 Å². The molecular weight excluding hydrogens is 503 g/mol. The van der Waals surface area contributed by atoms with Gasteiger partial charge in [0.05, 0.1) is 30.9 Å². The Balaban J connectivity index is 0.000000405. The van der Waals surface area contributed by atoms with E-state index in [4.69, 9.17) is 28.8 Å². The number of nitrogens with zero attached hydrogens (tertiary/aromatic N) is 3. The number of fused-ring (bicyclic) bond motifs is 4. The standard InChI is InChI=1S/C20H17N5O5.C2HF3O2/c1-9-10-6-14(27-2)15(28-3)7-12(10)23-19(21-9)25-20-22-11-4-5-13-17(30-8-29-13)16(11)18(26)24-20;3-2(4,5)1(6)7/h4-7H,8H2,1-3H3,(H2,21,22,23,24,25,26);(H,6,7). The Labute approximate surface area is 205 Å². The third-order valence-electron chi connectivity index (χ3n) is 5.07. The second kappa shape index (κ2) is 9.67. The second-order valence-electron chi connectivity index (χ2n) is 7.39. The molecule has 3 heterocycles. The highest BCUT2D eigenvalue weighted by atomic mass is 19.4.